The average Bonchev–Trinajstić information content (AvgIpc) is 3.30. The number of carbonyl (C=O) groups excluding carboxylic acids is 3. The second kappa shape index (κ2) is 7.54. The summed E-state index contributed by atoms with van der Waals surface area (Å²) in [4.78, 5) is 39.1. The Balaban J connectivity index is 1.81. The van der Waals surface area contributed by atoms with Crippen molar-refractivity contribution < 1.29 is 36.4 Å². The van der Waals surface area contributed by atoms with Crippen molar-refractivity contribution in [2.75, 3.05) is 13.1 Å². The van der Waals surface area contributed by atoms with Gasteiger partial charge in [-0.05, 0) is 39.0 Å². The van der Waals surface area contributed by atoms with Crippen molar-refractivity contribution >= 4 is 17.8 Å². The van der Waals surface area contributed by atoms with Crippen LogP contribution in [0.15, 0.2) is 33.3 Å². The Hall–Kier alpha value is -3.24. The third-order valence-electron chi connectivity index (χ3n) is 4.80. The van der Waals surface area contributed by atoms with Crippen LogP contribution in [0.5, 0.6) is 0 Å². The van der Waals surface area contributed by atoms with Gasteiger partial charge in [0, 0.05) is 5.56 Å². The number of nitrogens with zero attached hydrogens (tertiary/aromatic N) is 2. The van der Waals surface area contributed by atoms with Gasteiger partial charge in [-0.15, -0.1) is 0 Å². The molecule has 1 aliphatic heterocycles. The molecular weight excluding hydrogens is 407 g/mol. The summed E-state index contributed by atoms with van der Waals surface area (Å²) in [5.41, 5.74) is -1.08. The van der Waals surface area contributed by atoms with E-state index in [2.05, 4.69) is 5.32 Å². The zero-order valence-electron chi connectivity index (χ0n) is 16.5. The molecule has 8 nitrogen and oxygen atoms in total. The standard InChI is InChI=1S/C19H20F3N3O5/c1-11-7-14(12(2)30-11)18(3)16(27)25(17(28)23-18)9-15(26)24(10-19(20,21)22)8-13-5-4-6-29-13/h4-7H,8-10H2,1-3H3,(H,23,28). The van der Waals surface area contributed by atoms with E-state index in [0.29, 0.717) is 26.9 Å². The van der Waals surface area contributed by atoms with E-state index in [1.807, 2.05) is 0 Å². The number of amides is 4. The zero-order valence-corrected chi connectivity index (χ0v) is 16.5. The van der Waals surface area contributed by atoms with Gasteiger partial charge >= 0.3 is 12.2 Å². The van der Waals surface area contributed by atoms with Crippen molar-refractivity contribution in [3.05, 3.63) is 47.3 Å². The second-order valence-corrected chi connectivity index (χ2v) is 7.22. The van der Waals surface area contributed by atoms with Crippen molar-refractivity contribution in [2.45, 2.75) is 39.0 Å². The van der Waals surface area contributed by atoms with Crippen molar-refractivity contribution in [1.29, 1.82) is 0 Å². The normalized spacial score (nSPS) is 19.3. The molecule has 0 bridgehead atoms. The van der Waals surface area contributed by atoms with Gasteiger partial charge in [0.15, 0.2) is 0 Å². The van der Waals surface area contributed by atoms with Crippen LogP contribution in [0.4, 0.5) is 18.0 Å². The molecule has 0 aromatic carbocycles. The molecule has 1 N–H and O–H groups in total. The topological polar surface area (TPSA) is 96.0 Å². The third kappa shape index (κ3) is 4.19. The van der Waals surface area contributed by atoms with Crippen LogP contribution >= 0.6 is 0 Å². The summed E-state index contributed by atoms with van der Waals surface area (Å²) in [6.07, 6.45) is -3.40. The monoisotopic (exact) mass is 427 g/mol. The first kappa shape index (κ1) is 21.5. The van der Waals surface area contributed by atoms with Gasteiger partial charge in [0.05, 0.1) is 12.8 Å². The van der Waals surface area contributed by atoms with Gasteiger partial charge < -0.3 is 19.1 Å². The van der Waals surface area contributed by atoms with Crippen molar-refractivity contribution in [3.8, 4) is 0 Å². The lowest BCUT2D eigenvalue weighted by atomic mass is 9.92. The maximum Gasteiger partial charge on any atom is 0.406 e. The number of rotatable bonds is 6. The summed E-state index contributed by atoms with van der Waals surface area (Å²) < 4.78 is 49.3. The minimum atomic E-state index is -4.67. The van der Waals surface area contributed by atoms with Gasteiger partial charge in [-0.25, -0.2) is 4.79 Å². The number of imide groups is 1. The van der Waals surface area contributed by atoms with Crippen LogP contribution in [-0.4, -0.2) is 46.9 Å². The number of urea groups is 1. The Labute approximate surface area is 169 Å². The van der Waals surface area contributed by atoms with Crippen molar-refractivity contribution in [1.82, 2.24) is 15.1 Å². The van der Waals surface area contributed by atoms with E-state index in [4.69, 9.17) is 8.83 Å². The average molecular weight is 427 g/mol. The fraction of sp³-hybridized carbons (Fsp3) is 0.421. The summed E-state index contributed by atoms with van der Waals surface area (Å²) in [6, 6.07) is 3.61. The van der Waals surface area contributed by atoms with Gasteiger partial charge in [0.1, 0.15) is 35.9 Å². The molecule has 1 atom stereocenters. The van der Waals surface area contributed by atoms with Crippen LogP contribution in [0.2, 0.25) is 0 Å². The smallest absolute Gasteiger partial charge is 0.406 e. The highest BCUT2D eigenvalue weighted by molar-refractivity contribution is 6.09. The van der Waals surface area contributed by atoms with Gasteiger partial charge in [0.2, 0.25) is 5.91 Å². The number of alkyl halides is 3. The van der Waals surface area contributed by atoms with Gasteiger partial charge in [-0.3, -0.25) is 14.5 Å². The van der Waals surface area contributed by atoms with E-state index < -0.39 is 49.2 Å². The van der Waals surface area contributed by atoms with Gasteiger partial charge in [0.25, 0.3) is 5.91 Å². The molecule has 11 heteroatoms. The Bertz CT molecular complexity index is 967. The molecule has 0 spiro atoms. The Morgan fingerprint density at radius 1 is 1.30 bits per heavy atom. The molecule has 0 aliphatic carbocycles. The predicted octanol–water partition coefficient (Wildman–Crippen LogP) is 2.85. The highest BCUT2D eigenvalue weighted by Crippen LogP contribution is 2.33. The minimum Gasteiger partial charge on any atom is -0.467 e. The first-order chi connectivity index (χ1) is 13.9. The van der Waals surface area contributed by atoms with Crippen LogP contribution in [-0.2, 0) is 21.7 Å². The first-order valence-corrected chi connectivity index (χ1v) is 8.99. The molecule has 3 heterocycles. The number of nitrogens with one attached hydrogen (secondary N) is 1. The highest BCUT2D eigenvalue weighted by atomic mass is 19.4. The first-order valence-electron chi connectivity index (χ1n) is 8.99. The summed E-state index contributed by atoms with van der Waals surface area (Å²) in [5, 5.41) is 2.50. The summed E-state index contributed by atoms with van der Waals surface area (Å²) in [5.74, 6) is -0.728. The number of carbonyl (C=O) groups is 3. The fourth-order valence-corrected chi connectivity index (χ4v) is 3.42. The van der Waals surface area contributed by atoms with Crippen LogP contribution in [0.3, 0.4) is 0 Å². The van der Waals surface area contributed by atoms with Crippen molar-refractivity contribution in [3.63, 3.8) is 0 Å². The molecule has 162 valence electrons. The molecule has 1 fully saturated rings. The lowest BCUT2D eigenvalue weighted by Gasteiger charge is -2.25. The Morgan fingerprint density at radius 2 is 2.00 bits per heavy atom. The van der Waals surface area contributed by atoms with E-state index in [1.165, 1.54) is 25.3 Å². The van der Waals surface area contributed by atoms with E-state index in [0.717, 1.165) is 0 Å². The van der Waals surface area contributed by atoms with Crippen LogP contribution in [0, 0.1) is 13.8 Å². The lowest BCUT2D eigenvalue weighted by Crippen LogP contribution is -2.46. The molecule has 1 unspecified atom stereocenters. The van der Waals surface area contributed by atoms with Crippen LogP contribution in [0.1, 0.15) is 29.8 Å². The van der Waals surface area contributed by atoms with E-state index >= 15 is 0 Å². The quantitative estimate of drug-likeness (QED) is 0.716. The molecule has 2 aromatic rings. The van der Waals surface area contributed by atoms with E-state index in [-0.39, 0.29) is 5.76 Å². The Morgan fingerprint density at radius 3 is 2.53 bits per heavy atom. The third-order valence-corrected chi connectivity index (χ3v) is 4.80. The number of hydrogen-bond donors (Lipinski definition) is 1. The number of furan rings is 2. The largest absolute Gasteiger partial charge is 0.467 e. The van der Waals surface area contributed by atoms with Gasteiger partial charge in [-0.2, -0.15) is 13.2 Å². The molecule has 0 radical (unpaired) electrons. The predicted molar refractivity (Wildman–Crippen MR) is 96.0 cm³/mol. The van der Waals surface area contributed by atoms with E-state index in [9.17, 15) is 27.6 Å². The molecule has 0 saturated carbocycles. The maximum absolute atomic E-state index is 13.0. The van der Waals surface area contributed by atoms with Gasteiger partial charge in [-0.1, -0.05) is 0 Å². The van der Waals surface area contributed by atoms with Crippen LogP contribution < -0.4 is 5.32 Å². The lowest BCUT2D eigenvalue weighted by molar-refractivity contribution is -0.163. The molecular formula is C19H20F3N3O5. The number of hydrogen-bond acceptors (Lipinski definition) is 5. The maximum atomic E-state index is 13.0. The fourth-order valence-electron chi connectivity index (χ4n) is 3.42. The van der Waals surface area contributed by atoms with Crippen molar-refractivity contribution in [2.24, 2.45) is 0 Å². The molecule has 1 aliphatic rings. The van der Waals surface area contributed by atoms with Crippen LogP contribution in [0.25, 0.3) is 0 Å². The molecule has 3 rings (SSSR count). The molecule has 2 aromatic heterocycles. The summed E-state index contributed by atoms with van der Waals surface area (Å²) in [6.45, 7) is 1.90. The van der Waals surface area contributed by atoms with E-state index in [1.54, 1.807) is 19.9 Å². The Kier molecular flexibility index (Phi) is 5.40. The highest BCUT2D eigenvalue weighted by Gasteiger charge is 2.51. The molecule has 30 heavy (non-hydrogen) atoms. The SMILES string of the molecule is Cc1cc(C2(C)NC(=O)N(CC(=O)N(Cc3ccco3)CC(F)(F)F)C2=O)c(C)o1. The minimum absolute atomic E-state index is 0.138. The molecule has 1 saturated heterocycles. The summed E-state index contributed by atoms with van der Waals surface area (Å²) >= 11 is 0. The number of aryl methyl sites for hydroxylation is 2. The summed E-state index contributed by atoms with van der Waals surface area (Å²) in [7, 11) is 0. The number of halogens is 3. The second-order valence-electron chi connectivity index (χ2n) is 7.22. The zero-order chi connectivity index (χ0) is 22.3. The molecule has 4 amide bonds.